The van der Waals surface area contributed by atoms with E-state index in [0.29, 0.717) is 13.0 Å². The van der Waals surface area contributed by atoms with Crippen molar-refractivity contribution in [1.29, 1.82) is 0 Å². The predicted octanol–water partition coefficient (Wildman–Crippen LogP) is 8.49. The van der Waals surface area contributed by atoms with Gasteiger partial charge in [-0.05, 0) is 58.0 Å². The zero-order valence-electron chi connectivity index (χ0n) is 20.5. The van der Waals surface area contributed by atoms with Crippen LogP contribution >= 0.6 is 15.9 Å². The number of benzene rings is 4. The summed E-state index contributed by atoms with van der Waals surface area (Å²) in [5, 5.41) is 6.13. The molecule has 36 heavy (non-hydrogen) atoms. The Balaban J connectivity index is 1.51. The summed E-state index contributed by atoms with van der Waals surface area (Å²) in [6, 6.07) is 28.7. The van der Waals surface area contributed by atoms with Crippen molar-refractivity contribution in [3.8, 4) is 5.75 Å². The Morgan fingerprint density at radius 2 is 1.72 bits per heavy atom. The van der Waals surface area contributed by atoms with E-state index >= 15 is 0 Å². The molecule has 0 amide bonds. The van der Waals surface area contributed by atoms with Crippen molar-refractivity contribution in [3.63, 3.8) is 0 Å². The molecule has 0 spiro atoms. The third-order valence-electron chi connectivity index (χ3n) is 7.26. The van der Waals surface area contributed by atoms with Gasteiger partial charge in [0, 0.05) is 33.3 Å². The Morgan fingerprint density at radius 1 is 0.944 bits per heavy atom. The lowest BCUT2D eigenvalue weighted by atomic mass is 9.68. The Labute approximate surface area is 220 Å². The van der Waals surface area contributed by atoms with Gasteiger partial charge >= 0.3 is 0 Å². The zero-order valence-corrected chi connectivity index (χ0v) is 22.1. The van der Waals surface area contributed by atoms with Gasteiger partial charge in [-0.1, -0.05) is 90.4 Å². The molecule has 1 atom stereocenters. The van der Waals surface area contributed by atoms with Crippen LogP contribution in [-0.2, 0) is 11.4 Å². The van der Waals surface area contributed by atoms with Gasteiger partial charge in [0.05, 0.1) is 6.04 Å². The highest BCUT2D eigenvalue weighted by Gasteiger charge is 2.41. The molecule has 0 radical (unpaired) electrons. The van der Waals surface area contributed by atoms with Crippen molar-refractivity contribution in [2.24, 2.45) is 5.41 Å². The minimum atomic E-state index is -0.277. The molecule has 0 saturated carbocycles. The van der Waals surface area contributed by atoms with Gasteiger partial charge in [-0.3, -0.25) is 4.79 Å². The van der Waals surface area contributed by atoms with Crippen molar-refractivity contribution in [2.75, 3.05) is 5.32 Å². The van der Waals surface area contributed by atoms with Crippen molar-refractivity contribution < 1.29 is 9.53 Å². The second-order valence-corrected chi connectivity index (χ2v) is 11.5. The van der Waals surface area contributed by atoms with Crippen LogP contribution in [0.1, 0.15) is 49.4 Å². The van der Waals surface area contributed by atoms with Crippen LogP contribution in [0, 0.1) is 5.41 Å². The molecule has 0 aromatic heterocycles. The fraction of sp³-hybridized carbons (Fsp3) is 0.219. The molecule has 180 valence electrons. The number of halogens is 1. The maximum absolute atomic E-state index is 13.8. The third-order valence-corrected chi connectivity index (χ3v) is 7.75. The van der Waals surface area contributed by atoms with E-state index < -0.39 is 0 Å². The smallest absolute Gasteiger partial charge is 0.162 e. The number of carbonyl (C=O) groups is 1. The van der Waals surface area contributed by atoms with E-state index in [4.69, 9.17) is 4.74 Å². The lowest BCUT2D eigenvalue weighted by molar-refractivity contribution is -0.118. The molecule has 4 aromatic carbocycles. The number of hydrogen-bond acceptors (Lipinski definition) is 3. The summed E-state index contributed by atoms with van der Waals surface area (Å²) in [4.78, 5) is 13.8. The molecule has 1 aliphatic heterocycles. The fourth-order valence-electron chi connectivity index (χ4n) is 5.68. The maximum atomic E-state index is 13.8. The number of anilines is 1. The summed E-state index contributed by atoms with van der Waals surface area (Å²) in [5.41, 5.74) is 6.27. The highest BCUT2D eigenvalue weighted by atomic mass is 79.9. The van der Waals surface area contributed by atoms with Crippen LogP contribution in [0.5, 0.6) is 5.75 Å². The Bertz CT molecular complexity index is 1520. The molecule has 0 unspecified atom stereocenters. The first-order chi connectivity index (χ1) is 17.4. The normalized spacial score (nSPS) is 18.4. The van der Waals surface area contributed by atoms with Gasteiger partial charge in [0.15, 0.2) is 5.78 Å². The number of Topliss-reactive ketones (excluding diaryl/α,β-unsaturated/α-hetero) is 1. The van der Waals surface area contributed by atoms with Crippen molar-refractivity contribution in [3.05, 3.63) is 112 Å². The number of carbonyl (C=O) groups excluding carboxylic acids is 1. The van der Waals surface area contributed by atoms with Gasteiger partial charge < -0.3 is 10.1 Å². The van der Waals surface area contributed by atoms with Gasteiger partial charge in [-0.2, -0.15) is 0 Å². The first kappa shape index (κ1) is 23.1. The first-order valence-corrected chi connectivity index (χ1v) is 13.2. The molecule has 0 bridgehead atoms. The van der Waals surface area contributed by atoms with Crippen LogP contribution < -0.4 is 10.1 Å². The monoisotopic (exact) mass is 537 g/mol. The average molecular weight is 538 g/mol. The number of hydrogen-bond donors (Lipinski definition) is 1. The summed E-state index contributed by atoms with van der Waals surface area (Å²) in [6.07, 6.45) is 1.40. The largest absolute Gasteiger partial charge is 0.489 e. The number of ketones is 1. The molecule has 0 saturated heterocycles. The molecule has 4 aromatic rings. The third kappa shape index (κ3) is 4.14. The van der Waals surface area contributed by atoms with Crippen molar-refractivity contribution in [1.82, 2.24) is 0 Å². The Morgan fingerprint density at radius 3 is 2.56 bits per heavy atom. The van der Waals surface area contributed by atoms with E-state index in [1.807, 2.05) is 30.3 Å². The van der Waals surface area contributed by atoms with Crippen LogP contribution in [0.3, 0.4) is 0 Å². The molecule has 1 heterocycles. The Hall–Kier alpha value is -3.37. The van der Waals surface area contributed by atoms with E-state index in [0.717, 1.165) is 39.0 Å². The average Bonchev–Trinajstić information content (AvgIpc) is 2.87. The summed E-state index contributed by atoms with van der Waals surface area (Å²) >= 11 is 3.66. The molecule has 1 aliphatic carbocycles. The summed E-state index contributed by atoms with van der Waals surface area (Å²) in [6.45, 7) is 4.87. The minimum Gasteiger partial charge on any atom is -0.489 e. The van der Waals surface area contributed by atoms with Gasteiger partial charge in [-0.25, -0.2) is 0 Å². The highest BCUT2D eigenvalue weighted by Crippen LogP contribution is 2.53. The second kappa shape index (κ2) is 8.94. The molecule has 4 heteroatoms. The van der Waals surface area contributed by atoms with E-state index in [1.54, 1.807) is 0 Å². The van der Waals surface area contributed by atoms with Crippen LogP contribution in [0.2, 0.25) is 0 Å². The van der Waals surface area contributed by atoms with Gasteiger partial charge in [0.25, 0.3) is 0 Å². The standard InChI is InChI=1S/C32H28BrNO2/c1-32(2)17-25-29-23-11-7-6-10-21(23)12-14-26(29)34-31(30(25)27(35)18-32)24-16-22(33)13-15-28(24)36-19-20-8-4-3-5-9-20/h3-16,31,34H,17-19H2,1-2H3/t31-/m0/s1. The number of nitrogens with one attached hydrogen (secondary N) is 1. The van der Waals surface area contributed by atoms with E-state index in [9.17, 15) is 4.79 Å². The molecule has 0 fully saturated rings. The van der Waals surface area contributed by atoms with E-state index in [1.165, 1.54) is 21.9 Å². The molecular formula is C32H28BrNO2. The SMILES string of the molecule is CC1(C)CC(=O)C2=C(C1)c1c(ccc3ccccc13)N[C@H]2c1cc(Br)ccc1OCc1ccccc1. The number of rotatable bonds is 4. The van der Waals surface area contributed by atoms with Gasteiger partial charge in [0.1, 0.15) is 12.4 Å². The van der Waals surface area contributed by atoms with Crippen molar-refractivity contribution in [2.45, 2.75) is 39.3 Å². The fourth-order valence-corrected chi connectivity index (χ4v) is 6.06. The molecule has 3 nitrogen and oxygen atoms in total. The summed E-state index contributed by atoms with van der Waals surface area (Å²) in [5.74, 6) is 1.000. The van der Waals surface area contributed by atoms with Crippen LogP contribution in [0.15, 0.2) is 95.0 Å². The lowest BCUT2D eigenvalue weighted by Gasteiger charge is -2.40. The quantitative estimate of drug-likeness (QED) is 0.283. The number of ether oxygens (including phenoxy) is 1. The number of fused-ring (bicyclic) bond motifs is 4. The van der Waals surface area contributed by atoms with E-state index in [-0.39, 0.29) is 17.2 Å². The molecule has 2 aliphatic rings. The lowest BCUT2D eigenvalue weighted by Crippen LogP contribution is -2.33. The van der Waals surface area contributed by atoms with Crippen LogP contribution in [0.4, 0.5) is 5.69 Å². The number of allylic oxidation sites excluding steroid dienone is 1. The zero-order chi connectivity index (χ0) is 24.9. The maximum Gasteiger partial charge on any atom is 0.162 e. The van der Waals surface area contributed by atoms with Gasteiger partial charge in [0.2, 0.25) is 0 Å². The van der Waals surface area contributed by atoms with Gasteiger partial charge in [-0.15, -0.1) is 0 Å². The topological polar surface area (TPSA) is 38.3 Å². The van der Waals surface area contributed by atoms with Crippen LogP contribution in [0.25, 0.3) is 16.3 Å². The van der Waals surface area contributed by atoms with Crippen molar-refractivity contribution >= 4 is 43.7 Å². The summed E-state index contributed by atoms with van der Waals surface area (Å²) < 4.78 is 7.31. The predicted molar refractivity (Wildman–Crippen MR) is 150 cm³/mol. The highest BCUT2D eigenvalue weighted by molar-refractivity contribution is 9.10. The first-order valence-electron chi connectivity index (χ1n) is 12.4. The van der Waals surface area contributed by atoms with Crippen LogP contribution in [-0.4, -0.2) is 5.78 Å². The molecular weight excluding hydrogens is 510 g/mol. The minimum absolute atomic E-state index is 0.0874. The van der Waals surface area contributed by atoms with E-state index in [2.05, 4.69) is 89.7 Å². The second-order valence-electron chi connectivity index (χ2n) is 10.6. The molecule has 6 rings (SSSR count). The Kier molecular flexibility index (Phi) is 5.72. The summed E-state index contributed by atoms with van der Waals surface area (Å²) in [7, 11) is 0. The molecule has 1 N–H and O–H groups in total.